The lowest BCUT2D eigenvalue weighted by molar-refractivity contribution is 0.376. The summed E-state index contributed by atoms with van der Waals surface area (Å²) in [5.74, 6) is 0.832. The first-order valence-electron chi connectivity index (χ1n) is 6.22. The Morgan fingerprint density at radius 1 is 1.25 bits per heavy atom. The highest BCUT2D eigenvalue weighted by Crippen LogP contribution is 2.18. The minimum absolute atomic E-state index is 0.832. The molecule has 0 radical (unpaired) electrons. The monoisotopic (exact) mass is 218 g/mol. The molecule has 1 unspecified atom stereocenters. The van der Waals surface area contributed by atoms with Crippen molar-refractivity contribution in [2.75, 3.05) is 32.1 Å². The smallest absolute Gasteiger partial charge is 0.0361 e. The van der Waals surface area contributed by atoms with E-state index in [2.05, 4.69) is 48.6 Å². The third kappa shape index (κ3) is 2.99. The van der Waals surface area contributed by atoms with E-state index < -0.39 is 0 Å². The third-order valence-corrected chi connectivity index (χ3v) is 3.38. The van der Waals surface area contributed by atoms with Gasteiger partial charge < -0.3 is 10.2 Å². The Hall–Kier alpha value is -1.02. The van der Waals surface area contributed by atoms with Crippen LogP contribution in [0, 0.1) is 5.92 Å². The van der Waals surface area contributed by atoms with Crippen LogP contribution in [-0.4, -0.2) is 27.2 Å². The lowest BCUT2D eigenvalue weighted by atomic mass is 9.92. The fourth-order valence-corrected chi connectivity index (χ4v) is 2.36. The second kappa shape index (κ2) is 5.35. The van der Waals surface area contributed by atoms with Gasteiger partial charge in [0, 0.05) is 19.8 Å². The van der Waals surface area contributed by atoms with Gasteiger partial charge in [0.25, 0.3) is 0 Å². The molecule has 1 N–H and O–H groups in total. The van der Waals surface area contributed by atoms with E-state index in [0.29, 0.717) is 0 Å². The third-order valence-electron chi connectivity index (χ3n) is 3.38. The summed E-state index contributed by atoms with van der Waals surface area (Å²) in [7, 11) is 4.17. The largest absolute Gasteiger partial charge is 0.378 e. The van der Waals surface area contributed by atoms with Crippen molar-refractivity contribution in [3.05, 3.63) is 29.8 Å². The molecule has 0 aliphatic carbocycles. The second-order valence-corrected chi connectivity index (χ2v) is 4.98. The van der Waals surface area contributed by atoms with Crippen molar-refractivity contribution >= 4 is 5.69 Å². The van der Waals surface area contributed by atoms with Crippen LogP contribution in [0.25, 0.3) is 0 Å². The maximum atomic E-state index is 3.48. The zero-order valence-corrected chi connectivity index (χ0v) is 10.4. The maximum absolute atomic E-state index is 3.48. The van der Waals surface area contributed by atoms with Crippen LogP contribution in [0.15, 0.2) is 24.3 Å². The quantitative estimate of drug-likeness (QED) is 0.837. The Labute approximate surface area is 98.7 Å². The highest BCUT2D eigenvalue weighted by molar-refractivity contribution is 5.46. The second-order valence-electron chi connectivity index (χ2n) is 4.98. The van der Waals surface area contributed by atoms with Gasteiger partial charge in [-0.2, -0.15) is 0 Å². The Morgan fingerprint density at radius 3 is 2.56 bits per heavy atom. The summed E-state index contributed by atoms with van der Waals surface area (Å²) in [6.07, 6.45) is 3.93. The molecule has 1 fully saturated rings. The molecule has 0 aromatic heterocycles. The van der Waals surface area contributed by atoms with Crippen molar-refractivity contribution in [2.45, 2.75) is 19.3 Å². The molecule has 88 valence electrons. The lowest BCUT2D eigenvalue weighted by Crippen LogP contribution is -2.30. The normalized spacial score (nSPS) is 20.8. The van der Waals surface area contributed by atoms with Crippen LogP contribution < -0.4 is 10.2 Å². The number of anilines is 1. The van der Waals surface area contributed by atoms with Gasteiger partial charge in [-0.3, -0.25) is 0 Å². The molecule has 2 heteroatoms. The lowest BCUT2D eigenvalue weighted by Gasteiger charge is -2.23. The van der Waals surface area contributed by atoms with Gasteiger partial charge in [0.05, 0.1) is 0 Å². The molecule has 1 aromatic carbocycles. The van der Waals surface area contributed by atoms with Crippen LogP contribution in [0.3, 0.4) is 0 Å². The minimum atomic E-state index is 0.832. The van der Waals surface area contributed by atoms with E-state index in [1.807, 2.05) is 0 Å². The maximum Gasteiger partial charge on any atom is 0.0361 e. The van der Waals surface area contributed by atoms with Gasteiger partial charge in [-0.15, -0.1) is 0 Å². The van der Waals surface area contributed by atoms with Crippen LogP contribution in [0.2, 0.25) is 0 Å². The summed E-state index contributed by atoms with van der Waals surface area (Å²) < 4.78 is 0. The highest BCUT2D eigenvalue weighted by Gasteiger charge is 2.13. The molecule has 16 heavy (non-hydrogen) atoms. The van der Waals surface area contributed by atoms with Crippen LogP contribution in [0.5, 0.6) is 0 Å². The zero-order chi connectivity index (χ0) is 11.4. The molecule has 0 saturated carbocycles. The van der Waals surface area contributed by atoms with Gasteiger partial charge in [-0.05, 0) is 56.0 Å². The van der Waals surface area contributed by atoms with Crippen LogP contribution in [0.1, 0.15) is 18.4 Å². The summed E-state index contributed by atoms with van der Waals surface area (Å²) in [6, 6.07) is 8.96. The molecule has 1 aliphatic heterocycles. The molecule has 0 bridgehead atoms. The molecule has 1 aliphatic rings. The van der Waals surface area contributed by atoms with E-state index >= 15 is 0 Å². The SMILES string of the molecule is CN(C)c1ccc(CC2CCCNC2)cc1. The molecule has 1 atom stereocenters. The summed E-state index contributed by atoms with van der Waals surface area (Å²) in [5.41, 5.74) is 2.75. The van der Waals surface area contributed by atoms with E-state index in [4.69, 9.17) is 0 Å². The highest BCUT2D eigenvalue weighted by atomic mass is 15.1. The first-order valence-corrected chi connectivity index (χ1v) is 6.22. The first kappa shape index (κ1) is 11.5. The summed E-state index contributed by atoms with van der Waals surface area (Å²) in [4.78, 5) is 2.14. The number of nitrogens with zero attached hydrogens (tertiary/aromatic N) is 1. The van der Waals surface area contributed by atoms with Crippen molar-refractivity contribution in [1.82, 2.24) is 5.32 Å². The summed E-state index contributed by atoms with van der Waals surface area (Å²) >= 11 is 0. The predicted octanol–water partition coefficient (Wildman–Crippen LogP) is 2.29. The average Bonchev–Trinajstić information content (AvgIpc) is 2.31. The molecule has 1 heterocycles. The Bertz CT molecular complexity index is 310. The summed E-state index contributed by atoms with van der Waals surface area (Å²) in [5, 5.41) is 3.48. The molecule has 0 spiro atoms. The van der Waals surface area contributed by atoms with Crippen molar-refractivity contribution in [2.24, 2.45) is 5.92 Å². The fraction of sp³-hybridized carbons (Fsp3) is 0.571. The van der Waals surface area contributed by atoms with Crippen molar-refractivity contribution in [1.29, 1.82) is 0 Å². The molecule has 2 nitrogen and oxygen atoms in total. The number of nitrogens with one attached hydrogen (secondary N) is 1. The van der Waals surface area contributed by atoms with Gasteiger partial charge in [-0.1, -0.05) is 12.1 Å². The van der Waals surface area contributed by atoms with Crippen LogP contribution >= 0.6 is 0 Å². The standard InChI is InChI=1S/C14H22N2/c1-16(2)14-7-5-12(6-8-14)10-13-4-3-9-15-11-13/h5-8,13,15H,3-4,9-11H2,1-2H3. The molecular formula is C14H22N2. The Balaban J connectivity index is 1.93. The minimum Gasteiger partial charge on any atom is -0.378 e. The van der Waals surface area contributed by atoms with Gasteiger partial charge in [0.2, 0.25) is 0 Å². The number of rotatable bonds is 3. The summed E-state index contributed by atoms with van der Waals surface area (Å²) in [6.45, 7) is 2.39. The number of hydrogen-bond donors (Lipinski definition) is 1. The van der Waals surface area contributed by atoms with E-state index in [1.165, 1.54) is 43.6 Å². The van der Waals surface area contributed by atoms with E-state index in [-0.39, 0.29) is 0 Å². The number of hydrogen-bond acceptors (Lipinski definition) is 2. The molecule has 1 aromatic rings. The molecule has 1 saturated heterocycles. The molecule has 0 amide bonds. The predicted molar refractivity (Wildman–Crippen MR) is 70.1 cm³/mol. The Kier molecular flexibility index (Phi) is 3.83. The Morgan fingerprint density at radius 2 is 2.00 bits per heavy atom. The van der Waals surface area contributed by atoms with Gasteiger partial charge in [0.15, 0.2) is 0 Å². The van der Waals surface area contributed by atoms with E-state index in [0.717, 1.165) is 5.92 Å². The van der Waals surface area contributed by atoms with Gasteiger partial charge >= 0.3 is 0 Å². The zero-order valence-electron chi connectivity index (χ0n) is 10.4. The molecular weight excluding hydrogens is 196 g/mol. The van der Waals surface area contributed by atoms with Gasteiger partial charge in [0.1, 0.15) is 0 Å². The van der Waals surface area contributed by atoms with Crippen molar-refractivity contribution in [3.8, 4) is 0 Å². The number of benzene rings is 1. The van der Waals surface area contributed by atoms with Crippen molar-refractivity contribution in [3.63, 3.8) is 0 Å². The average molecular weight is 218 g/mol. The van der Waals surface area contributed by atoms with Crippen LogP contribution in [0.4, 0.5) is 5.69 Å². The number of piperidine rings is 1. The van der Waals surface area contributed by atoms with E-state index in [1.54, 1.807) is 0 Å². The first-order chi connectivity index (χ1) is 7.75. The fourth-order valence-electron chi connectivity index (χ4n) is 2.36. The molecule has 2 rings (SSSR count). The van der Waals surface area contributed by atoms with Gasteiger partial charge in [-0.25, -0.2) is 0 Å². The van der Waals surface area contributed by atoms with E-state index in [9.17, 15) is 0 Å². The topological polar surface area (TPSA) is 15.3 Å². The van der Waals surface area contributed by atoms with Crippen LogP contribution in [-0.2, 0) is 6.42 Å². The van der Waals surface area contributed by atoms with Crippen molar-refractivity contribution < 1.29 is 0 Å².